The van der Waals surface area contributed by atoms with Crippen molar-refractivity contribution < 1.29 is 19.2 Å². The van der Waals surface area contributed by atoms with Crippen LogP contribution in [0.5, 0.6) is 0 Å². The quantitative estimate of drug-likeness (QED) is 0.246. The second kappa shape index (κ2) is 16.7. The Morgan fingerprint density at radius 1 is 0.680 bits per heavy atom. The minimum Gasteiger partial charge on any atom is -0.343 e. The van der Waals surface area contributed by atoms with E-state index in [0.29, 0.717) is 0 Å². The molecule has 25 heavy (non-hydrogen) atoms. The molecule has 0 aliphatic rings. The van der Waals surface area contributed by atoms with E-state index in [0.717, 1.165) is 0 Å². The number of carbonyl (C=O) groups excluding carboxylic acids is 4. The summed E-state index contributed by atoms with van der Waals surface area (Å²) in [7, 11) is 0. The summed E-state index contributed by atoms with van der Waals surface area (Å²) >= 11 is 0. The number of carbonyl (C=O) groups is 4. The molecule has 0 aromatic carbocycles. The Balaban J connectivity index is -0.000000333. The molecule has 152 valence electrons. The molecule has 0 aromatic rings. The molecule has 0 rings (SSSR count). The summed E-state index contributed by atoms with van der Waals surface area (Å²) in [6, 6.07) is 0. The van der Waals surface area contributed by atoms with E-state index >= 15 is 0 Å². The second-order valence-corrected chi connectivity index (χ2v) is 4.68. The van der Waals surface area contributed by atoms with Gasteiger partial charge in [0.05, 0.1) is 13.3 Å². The highest BCUT2D eigenvalue weighted by atomic mass is 16.2. The fourth-order valence-corrected chi connectivity index (χ4v) is 1.46. The van der Waals surface area contributed by atoms with Gasteiger partial charge in [-0.05, 0) is 13.8 Å². The van der Waals surface area contributed by atoms with Gasteiger partial charge in [-0.15, -0.1) is 0 Å². The fourth-order valence-electron chi connectivity index (χ4n) is 1.46. The van der Waals surface area contributed by atoms with Gasteiger partial charge in [-0.25, -0.2) is 0 Å². The third-order valence-electron chi connectivity index (χ3n) is 2.14. The van der Waals surface area contributed by atoms with Crippen LogP contribution in [0.25, 0.3) is 0 Å². The summed E-state index contributed by atoms with van der Waals surface area (Å²) in [5.41, 5.74) is 9.09. The monoisotopic (exact) mass is 366 g/mol. The first-order valence-electron chi connectivity index (χ1n) is 6.25. The average molecular weight is 367 g/mol. The van der Waals surface area contributed by atoms with Crippen LogP contribution < -0.4 is 32.7 Å². The van der Waals surface area contributed by atoms with Crippen molar-refractivity contribution in [2.75, 3.05) is 13.3 Å². The summed E-state index contributed by atoms with van der Waals surface area (Å²) in [5, 5.41) is 9.44. The van der Waals surface area contributed by atoms with Crippen LogP contribution in [-0.2, 0) is 19.2 Å². The van der Waals surface area contributed by atoms with Crippen LogP contribution in [0.1, 0.15) is 56.4 Å². The van der Waals surface area contributed by atoms with Crippen molar-refractivity contribution in [2.45, 2.75) is 62.1 Å². The lowest BCUT2D eigenvalue weighted by Gasteiger charge is -2.27. The number of nitrogens with two attached hydrogens (primary N) is 2. The Bertz CT molecular complexity index is 377. The Morgan fingerprint density at radius 2 is 0.960 bits per heavy atom. The topological polar surface area (TPSA) is 168 Å². The standard InChI is InChI=1S/C11H22N6O4.4CH4/c1-11(2,16-9(20)3-7(18)14-5-12)17-10(21)4-8(19)15-6-13;;;;/h3-6,12-13H2,1-2H3,(H,14,18)(H,15,19)(H,16,20)(H,17,21);4*1H4. The molecule has 0 aromatic heterocycles. The summed E-state index contributed by atoms with van der Waals surface area (Å²) in [6.45, 7) is 2.90. The maximum Gasteiger partial charge on any atom is 0.231 e. The third kappa shape index (κ3) is 18.0. The van der Waals surface area contributed by atoms with Crippen LogP contribution >= 0.6 is 0 Å². The molecule has 0 atom stereocenters. The van der Waals surface area contributed by atoms with Crippen LogP contribution in [0.2, 0.25) is 0 Å². The summed E-state index contributed by atoms with van der Waals surface area (Å²) in [5.74, 6) is -2.23. The first-order valence-corrected chi connectivity index (χ1v) is 6.25. The Labute approximate surface area is 151 Å². The molecule has 0 radical (unpaired) electrons. The van der Waals surface area contributed by atoms with Crippen LogP contribution in [0.3, 0.4) is 0 Å². The molecule has 0 unspecified atom stereocenters. The molecular weight excluding hydrogens is 328 g/mol. The molecule has 0 heterocycles. The van der Waals surface area contributed by atoms with E-state index in [-0.39, 0.29) is 43.0 Å². The third-order valence-corrected chi connectivity index (χ3v) is 2.14. The lowest BCUT2D eigenvalue weighted by molar-refractivity contribution is -0.131. The Kier molecular flexibility index (Phi) is 22.8. The number of hydrogen-bond acceptors (Lipinski definition) is 6. The second-order valence-electron chi connectivity index (χ2n) is 4.68. The van der Waals surface area contributed by atoms with Crippen LogP contribution in [0, 0.1) is 0 Å². The van der Waals surface area contributed by atoms with Crippen molar-refractivity contribution in [3.05, 3.63) is 0 Å². The van der Waals surface area contributed by atoms with Gasteiger partial charge in [0.25, 0.3) is 0 Å². The van der Waals surface area contributed by atoms with Crippen molar-refractivity contribution in [2.24, 2.45) is 11.5 Å². The normalized spacial score (nSPS) is 8.80. The molecule has 10 nitrogen and oxygen atoms in total. The van der Waals surface area contributed by atoms with Gasteiger partial charge in [0, 0.05) is 0 Å². The summed E-state index contributed by atoms with van der Waals surface area (Å²) < 4.78 is 0. The number of hydrogen-bond donors (Lipinski definition) is 6. The molecule has 0 aliphatic heterocycles. The van der Waals surface area contributed by atoms with Gasteiger partial charge in [0.15, 0.2) is 0 Å². The Morgan fingerprint density at radius 3 is 1.20 bits per heavy atom. The predicted octanol–water partition coefficient (Wildman–Crippen LogP) is -0.656. The average Bonchev–Trinajstić information content (AvgIpc) is 2.26. The zero-order valence-corrected chi connectivity index (χ0v) is 12.1. The number of rotatable bonds is 8. The minimum atomic E-state index is -1.11. The predicted molar refractivity (Wildman–Crippen MR) is 101 cm³/mol. The highest BCUT2D eigenvalue weighted by molar-refractivity contribution is 5.98. The van der Waals surface area contributed by atoms with E-state index in [1.165, 1.54) is 13.8 Å². The zero-order chi connectivity index (χ0) is 16.5. The van der Waals surface area contributed by atoms with E-state index in [1.54, 1.807) is 0 Å². The molecule has 0 saturated carbocycles. The van der Waals surface area contributed by atoms with Gasteiger partial charge in [-0.2, -0.15) is 0 Å². The van der Waals surface area contributed by atoms with E-state index in [9.17, 15) is 19.2 Å². The molecule has 0 saturated heterocycles. The van der Waals surface area contributed by atoms with Crippen LogP contribution in [0.15, 0.2) is 0 Å². The molecule has 0 bridgehead atoms. The van der Waals surface area contributed by atoms with Crippen LogP contribution in [0.4, 0.5) is 0 Å². The van der Waals surface area contributed by atoms with Crippen molar-refractivity contribution in [3.8, 4) is 0 Å². The van der Waals surface area contributed by atoms with Crippen LogP contribution in [-0.4, -0.2) is 42.6 Å². The van der Waals surface area contributed by atoms with Crippen molar-refractivity contribution in [3.63, 3.8) is 0 Å². The van der Waals surface area contributed by atoms with Gasteiger partial charge in [0.2, 0.25) is 23.6 Å². The Hall–Kier alpha value is -2.20. The molecule has 10 heteroatoms. The highest BCUT2D eigenvalue weighted by Gasteiger charge is 2.24. The summed E-state index contributed by atoms with van der Waals surface area (Å²) in [6.07, 6.45) is -0.825. The van der Waals surface area contributed by atoms with Gasteiger partial charge >= 0.3 is 0 Å². The van der Waals surface area contributed by atoms with E-state index in [2.05, 4.69) is 21.3 Å². The van der Waals surface area contributed by atoms with Crippen molar-refractivity contribution in [1.82, 2.24) is 21.3 Å². The van der Waals surface area contributed by atoms with Gasteiger partial charge in [0.1, 0.15) is 18.5 Å². The van der Waals surface area contributed by atoms with Gasteiger partial charge < -0.3 is 32.7 Å². The maximum atomic E-state index is 11.6. The van der Waals surface area contributed by atoms with Crippen molar-refractivity contribution >= 4 is 23.6 Å². The van der Waals surface area contributed by atoms with E-state index in [4.69, 9.17) is 11.5 Å². The number of nitrogens with one attached hydrogen (secondary N) is 4. The highest BCUT2D eigenvalue weighted by Crippen LogP contribution is 1.99. The smallest absolute Gasteiger partial charge is 0.231 e. The summed E-state index contributed by atoms with van der Waals surface area (Å²) in [4.78, 5) is 45.5. The first-order chi connectivity index (χ1) is 9.70. The molecule has 8 N–H and O–H groups in total. The molecule has 0 aliphatic carbocycles. The molecule has 0 spiro atoms. The lowest BCUT2D eigenvalue weighted by Crippen LogP contribution is -2.57. The van der Waals surface area contributed by atoms with E-state index < -0.39 is 42.1 Å². The van der Waals surface area contributed by atoms with Crippen molar-refractivity contribution in [1.29, 1.82) is 0 Å². The molecule has 4 amide bonds. The molecular formula is C15H38N6O4. The van der Waals surface area contributed by atoms with E-state index in [1.807, 2.05) is 0 Å². The number of amides is 4. The fraction of sp³-hybridized carbons (Fsp3) is 0.733. The zero-order valence-electron chi connectivity index (χ0n) is 12.1. The maximum absolute atomic E-state index is 11.6. The largest absolute Gasteiger partial charge is 0.343 e. The van der Waals surface area contributed by atoms with Gasteiger partial charge in [-0.3, -0.25) is 19.2 Å². The first kappa shape index (κ1) is 34.2. The molecule has 0 fully saturated rings. The lowest BCUT2D eigenvalue weighted by atomic mass is 10.2. The van der Waals surface area contributed by atoms with Gasteiger partial charge in [-0.1, -0.05) is 29.7 Å². The SMILES string of the molecule is C.C.C.C.CC(C)(NC(=O)CC(=O)NCN)NC(=O)CC(=O)NCN. The minimum absolute atomic E-state index is 0.